The van der Waals surface area contributed by atoms with Gasteiger partial charge in [-0.2, -0.15) is 0 Å². The van der Waals surface area contributed by atoms with E-state index < -0.39 is 0 Å². The summed E-state index contributed by atoms with van der Waals surface area (Å²) in [7, 11) is 1.73. The van der Waals surface area contributed by atoms with Crippen molar-refractivity contribution >= 4 is 35.6 Å². The Morgan fingerprint density at radius 2 is 1.96 bits per heavy atom. The first-order chi connectivity index (χ1) is 13.0. The molecule has 1 aromatic carbocycles. The minimum Gasteiger partial charge on any atom is -0.356 e. The van der Waals surface area contributed by atoms with E-state index in [4.69, 9.17) is 0 Å². The summed E-state index contributed by atoms with van der Waals surface area (Å²) in [6.45, 7) is 5.45. The fourth-order valence-corrected chi connectivity index (χ4v) is 2.89. The van der Waals surface area contributed by atoms with E-state index in [1.165, 1.54) is 6.07 Å². The van der Waals surface area contributed by atoms with Gasteiger partial charge in [-0.15, -0.1) is 34.2 Å². The van der Waals surface area contributed by atoms with E-state index in [9.17, 15) is 4.39 Å². The number of fused-ring (bicyclic) bond motifs is 1. The molecule has 8 heteroatoms. The van der Waals surface area contributed by atoms with E-state index in [2.05, 4.69) is 39.7 Å². The Labute approximate surface area is 181 Å². The number of aliphatic imine (C=N–C) groups is 1. The number of nitrogens with one attached hydrogen (secondary N) is 2. The van der Waals surface area contributed by atoms with Crippen LogP contribution in [0.25, 0.3) is 5.65 Å². The van der Waals surface area contributed by atoms with Gasteiger partial charge in [0.15, 0.2) is 11.6 Å². The van der Waals surface area contributed by atoms with Gasteiger partial charge in [0.25, 0.3) is 0 Å². The van der Waals surface area contributed by atoms with Gasteiger partial charge in [0.1, 0.15) is 11.6 Å². The number of halogens is 2. The minimum atomic E-state index is -0.233. The van der Waals surface area contributed by atoms with Gasteiger partial charge in [-0.25, -0.2) is 4.39 Å². The van der Waals surface area contributed by atoms with E-state index >= 15 is 0 Å². The molecular formula is C20H26FIN6. The molecule has 2 N–H and O–H groups in total. The van der Waals surface area contributed by atoms with Gasteiger partial charge in [0, 0.05) is 38.2 Å². The number of aromatic nitrogens is 3. The van der Waals surface area contributed by atoms with Crippen molar-refractivity contribution in [3.63, 3.8) is 0 Å². The summed E-state index contributed by atoms with van der Waals surface area (Å²) in [5.74, 6) is 1.38. The van der Waals surface area contributed by atoms with Gasteiger partial charge >= 0.3 is 0 Å². The van der Waals surface area contributed by atoms with Gasteiger partial charge in [0.2, 0.25) is 0 Å². The molecule has 0 fully saturated rings. The number of hydrogen-bond donors (Lipinski definition) is 2. The lowest BCUT2D eigenvalue weighted by Crippen LogP contribution is -2.44. The van der Waals surface area contributed by atoms with Crippen LogP contribution in [0.15, 0.2) is 53.7 Å². The summed E-state index contributed by atoms with van der Waals surface area (Å²) < 4.78 is 15.5. The van der Waals surface area contributed by atoms with E-state index in [-0.39, 0.29) is 35.2 Å². The molecule has 2 heterocycles. The molecule has 0 aliphatic heterocycles. The van der Waals surface area contributed by atoms with Gasteiger partial charge in [0.05, 0.1) is 0 Å². The zero-order valence-corrected chi connectivity index (χ0v) is 18.6. The summed E-state index contributed by atoms with van der Waals surface area (Å²) in [6, 6.07) is 12.6. The number of hydrogen-bond acceptors (Lipinski definition) is 3. The first-order valence-corrected chi connectivity index (χ1v) is 8.99. The number of guanidine groups is 1. The highest BCUT2D eigenvalue weighted by Crippen LogP contribution is 2.22. The van der Waals surface area contributed by atoms with Gasteiger partial charge in [-0.1, -0.05) is 32.0 Å². The van der Waals surface area contributed by atoms with Crippen LogP contribution in [0.5, 0.6) is 0 Å². The second kappa shape index (κ2) is 9.81. The summed E-state index contributed by atoms with van der Waals surface area (Å²) >= 11 is 0. The first-order valence-electron chi connectivity index (χ1n) is 8.99. The first kappa shape index (κ1) is 22.1. The van der Waals surface area contributed by atoms with Crippen molar-refractivity contribution in [2.75, 3.05) is 20.1 Å². The van der Waals surface area contributed by atoms with E-state index in [1.807, 2.05) is 34.9 Å². The molecule has 0 bridgehead atoms. The summed E-state index contributed by atoms with van der Waals surface area (Å²) in [5, 5.41) is 15.0. The molecule has 0 saturated heterocycles. The number of pyridine rings is 1. The second-order valence-electron chi connectivity index (χ2n) is 7.04. The van der Waals surface area contributed by atoms with Crippen LogP contribution in [0, 0.1) is 5.82 Å². The molecule has 3 rings (SSSR count). The van der Waals surface area contributed by atoms with Crippen molar-refractivity contribution in [2.45, 2.75) is 25.7 Å². The Hall–Kier alpha value is -2.23. The predicted molar refractivity (Wildman–Crippen MR) is 121 cm³/mol. The van der Waals surface area contributed by atoms with Crippen molar-refractivity contribution in [1.82, 2.24) is 25.2 Å². The quantitative estimate of drug-likeness (QED) is 0.313. The third kappa shape index (κ3) is 5.40. The van der Waals surface area contributed by atoms with E-state index in [0.29, 0.717) is 19.0 Å². The molecule has 2 aromatic heterocycles. The molecule has 3 aromatic rings. The summed E-state index contributed by atoms with van der Waals surface area (Å²) in [4.78, 5) is 4.26. The molecule has 0 atom stereocenters. The SMILES string of the molecule is CN=C(NCCc1nnc2ccccn12)NCC(C)(C)c1cccc(F)c1.I. The molecule has 28 heavy (non-hydrogen) atoms. The van der Waals surface area contributed by atoms with Crippen molar-refractivity contribution in [1.29, 1.82) is 0 Å². The topological polar surface area (TPSA) is 66.6 Å². The van der Waals surface area contributed by atoms with Crippen LogP contribution in [-0.4, -0.2) is 40.7 Å². The van der Waals surface area contributed by atoms with Gasteiger partial charge in [-0.05, 0) is 29.8 Å². The third-order valence-corrected chi connectivity index (χ3v) is 4.55. The molecule has 0 unspecified atom stereocenters. The highest BCUT2D eigenvalue weighted by molar-refractivity contribution is 14.0. The van der Waals surface area contributed by atoms with Gasteiger partial charge in [-0.3, -0.25) is 9.39 Å². The molecule has 150 valence electrons. The van der Waals surface area contributed by atoms with Gasteiger partial charge < -0.3 is 10.6 Å². The molecule has 0 saturated carbocycles. The van der Waals surface area contributed by atoms with E-state index in [0.717, 1.165) is 23.5 Å². The Morgan fingerprint density at radius 3 is 2.71 bits per heavy atom. The smallest absolute Gasteiger partial charge is 0.191 e. The molecule has 0 aliphatic carbocycles. The lowest BCUT2D eigenvalue weighted by atomic mass is 9.84. The van der Waals surface area contributed by atoms with Crippen LogP contribution in [0.3, 0.4) is 0 Å². The van der Waals surface area contributed by atoms with E-state index in [1.54, 1.807) is 19.2 Å². The van der Waals surface area contributed by atoms with Crippen LogP contribution < -0.4 is 10.6 Å². The Kier molecular flexibility index (Phi) is 7.73. The molecule has 0 radical (unpaired) electrons. The maximum atomic E-state index is 13.5. The molecule has 0 amide bonds. The lowest BCUT2D eigenvalue weighted by molar-refractivity contribution is 0.503. The molecule has 0 aliphatic rings. The average Bonchev–Trinajstić information content (AvgIpc) is 3.08. The Morgan fingerprint density at radius 1 is 1.14 bits per heavy atom. The summed E-state index contributed by atoms with van der Waals surface area (Å²) in [5.41, 5.74) is 1.55. The maximum absolute atomic E-state index is 13.5. The zero-order chi connectivity index (χ0) is 19.3. The van der Waals surface area contributed by atoms with Crippen LogP contribution in [0.2, 0.25) is 0 Å². The van der Waals surface area contributed by atoms with Crippen LogP contribution >= 0.6 is 24.0 Å². The molecule has 6 nitrogen and oxygen atoms in total. The van der Waals surface area contributed by atoms with Crippen molar-refractivity contribution < 1.29 is 4.39 Å². The minimum absolute atomic E-state index is 0. The standard InChI is InChI=1S/C20H25FN6.HI/c1-20(2,15-7-6-8-16(21)13-15)14-24-19(22-3)23-11-10-18-26-25-17-9-4-5-12-27(17)18;/h4-9,12-13H,10-11,14H2,1-3H3,(H2,22,23,24);1H. The fraction of sp³-hybridized carbons (Fsp3) is 0.350. The van der Waals surface area contributed by atoms with Crippen molar-refractivity contribution in [3.05, 3.63) is 65.9 Å². The van der Waals surface area contributed by atoms with Crippen LogP contribution in [0.4, 0.5) is 4.39 Å². The predicted octanol–water partition coefficient (Wildman–Crippen LogP) is 3.17. The Bertz CT molecular complexity index is 937. The summed E-state index contributed by atoms with van der Waals surface area (Å²) in [6.07, 6.45) is 2.68. The number of benzene rings is 1. The average molecular weight is 496 g/mol. The monoisotopic (exact) mass is 496 g/mol. The molecule has 0 spiro atoms. The lowest BCUT2D eigenvalue weighted by Gasteiger charge is -2.26. The van der Waals surface area contributed by atoms with Crippen LogP contribution in [-0.2, 0) is 11.8 Å². The molecular weight excluding hydrogens is 470 g/mol. The fourth-order valence-electron chi connectivity index (χ4n) is 2.89. The normalized spacial score (nSPS) is 11.9. The highest BCUT2D eigenvalue weighted by Gasteiger charge is 2.21. The Balaban J connectivity index is 0.00000280. The zero-order valence-electron chi connectivity index (χ0n) is 16.3. The number of nitrogens with zero attached hydrogens (tertiary/aromatic N) is 4. The van der Waals surface area contributed by atoms with Crippen molar-refractivity contribution in [2.24, 2.45) is 4.99 Å². The second-order valence-corrected chi connectivity index (χ2v) is 7.04. The largest absolute Gasteiger partial charge is 0.356 e. The highest BCUT2D eigenvalue weighted by atomic mass is 127. The third-order valence-electron chi connectivity index (χ3n) is 4.55. The maximum Gasteiger partial charge on any atom is 0.191 e. The van der Waals surface area contributed by atoms with Crippen molar-refractivity contribution in [3.8, 4) is 0 Å². The number of rotatable bonds is 6. The van der Waals surface area contributed by atoms with Crippen LogP contribution in [0.1, 0.15) is 25.2 Å².